The van der Waals surface area contributed by atoms with Crippen LogP contribution in [0.25, 0.3) is 11.3 Å². The zero-order valence-electron chi connectivity index (χ0n) is 18.6. The van der Waals surface area contributed by atoms with Crippen LogP contribution in [0.1, 0.15) is 24.2 Å². The number of nitrogens with one attached hydrogen (secondary N) is 2. The van der Waals surface area contributed by atoms with E-state index in [0.29, 0.717) is 28.8 Å². The Hall–Kier alpha value is -3.65. The molecular weight excluding hydrogens is 408 g/mol. The lowest BCUT2D eigenvalue weighted by Crippen LogP contribution is -2.30. The molecule has 8 nitrogen and oxygen atoms in total. The van der Waals surface area contributed by atoms with E-state index in [2.05, 4.69) is 20.6 Å². The minimum atomic E-state index is -0.475. The van der Waals surface area contributed by atoms with Crippen molar-refractivity contribution in [2.45, 2.75) is 19.9 Å². The molecule has 2 aromatic carbocycles. The molecule has 8 heteroatoms. The summed E-state index contributed by atoms with van der Waals surface area (Å²) in [6, 6.07) is 16.5. The van der Waals surface area contributed by atoms with Crippen LogP contribution in [0.4, 0.5) is 17.5 Å². The number of benzene rings is 2. The topological polar surface area (TPSA) is 106 Å². The van der Waals surface area contributed by atoms with E-state index in [0.717, 1.165) is 11.3 Å². The summed E-state index contributed by atoms with van der Waals surface area (Å²) in [5, 5.41) is 16.2. The second-order valence-electron chi connectivity index (χ2n) is 7.54. The minimum Gasteiger partial charge on any atom is -0.496 e. The van der Waals surface area contributed by atoms with Crippen molar-refractivity contribution < 1.29 is 19.4 Å². The van der Waals surface area contributed by atoms with Crippen molar-refractivity contribution in [3.05, 3.63) is 60.2 Å². The van der Waals surface area contributed by atoms with Gasteiger partial charge in [-0.1, -0.05) is 44.2 Å². The Morgan fingerprint density at radius 2 is 1.81 bits per heavy atom. The Labute approximate surface area is 187 Å². The summed E-state index contributed by atoms with van der Waals surface area (Å²) < 4.78 is 10.1. The fraction of sp³-hybridized carbons (Fsp3) is 0.292. The van der Waals surface area contributed by atoms with Gasteiger partial charge in [-0.05, 0) is 18.1 Å². The van der Waals surface area contributed by atoms with Crippen LogP contribution in [0.5, 0.6) is 5.75 Å². The summed E-state index contributed by atoms with van der Waals surface area (Å²) in [7, 11) is 2.82. The van der Waals surface area contributed by atoms with Crippen molar-refractivity contribution >= 4 is 23.4 Å². The first-order chi connectivity index (χ1) is 15.4. The zero-order chi connectivity index (χ0) is 23.1. The van der Waals surface area contributed by atoms with Gasteiger partial charge in [0.2, 0.25) is 5.95 Å². The molecule has 0 spiro atoms. The molecular formula is C24H28N4O4. The summed E-state index contributed by atoms with van der Waals surface area (Å²) in [5.41, 5.74) is 2.67. The smallest absolute Gasteiger partial charge is 0.341 e. The van der Waals surface area contributed by atoms with E-state index in [1.807, 2.05) is 50.2 Å². The number of hydrogen-bond donors (Lipinski definition) is 3. The van der Waals surface area contributed by atoms with Crippen molar-refractivity contribution in [2.24, 2.45) is 5.92 Å². The lowest BCUT2D eigenvalue weighted by atomic mass is 10.1. The van der Waals surface area contributed by atoms with Crippen molar-refractivity contribution in [3.8, 4) is 17.0 Å². The third-order valence-electron chi connectivity index (χ3n) is 4.99. The van der Waals surface area contributed by atoms with E-state index in [1.165, 1.54) is 14.2 Å². The highest BCUT2D eigenvalue weighted by Crippen LogP contribution is 2.28. The van der Waals surface area contributed by atoms with Crippen molar-refractivity contribution in [3.63, 3.8) is 0 Å². The lowest BCUT2D eigenvalue weighted by Gasteiger charge is -2.21. The average Bonchev–Trinajstić information content (AvgIpc) is 2.82. The fourth-order valence-electron chi connectivity index (χ4n) is 3.12. The second-order valence-corrected chi connectivity index (χ2v) is 7.54. The normalized spacial score (nSPS) is 11.7. The van der Waals surface area contributed by atoms with E-state index in [-0.39, 0.29) is 18.6 Å². The highest BCUT2D eigenvalue weighted by molar-refractivity contribution is 5.93. The van der Waals surface area contributed by atoms with Gasteiger partial charge in [-0.15, -0.1) is 0 Å². The first-order valence-electron chi connectivity index (χ1n) is 10.3. The van der Waals surface area contributed by atoms with E-state index in [4.69, 9.17) is 9.47 Å². The number of aliphatic hydroxyl groups excluding tert-OH is 1. The van der Waals surface area contributed by atoms with Crippen LogP contribution in [0.2, 0.25) is 0 Å². The average molecular weight is 437 g/mol. The van der Waals surface area contributed by atoms with Crippen LogP contribution in [0.15, 0.2) is 54.6 Å². The number of carbonyl (C=O) groups excluding carboxylic acids is 1. The molecule has 168 valence electrons. The van der Waals surface area contributed by atoms with Crippen LogP contribution in [-0.4, -0.2) is 47.9 Å². The Balaban J connectivity index is 1.98. The van der Waals surface area contributed by atoms with Gasteiger partial charge in [0.25, 0.3) is 0 Å². The Morgan fingerprint density at radius 1 is 1.06 bits per heavy atom. The van der Waals surface area contributed by atoms with Crippen molar-refractivity contribution in [1.82, 2.24) is 9.97 Å². The Bertz CT molecular complexity index is 1060. The van der Waals surface area contributed by atoms with E-state index < -0.39 is 5.97 Å². The highest BCUT2D eigenvalue weighted by Gasteiger charge is 2.16. The number of rotatable bonds is 9. The summed E-state index contributed by atoms with van der Waals surface area (Å²) >= 11 is 0. The molecule has 1 aromatic heterocycles. The largest absolute Gasteiger partial charge is 0.496 e. The van der Waals surface area contributed by atoms with Gasteiger partial charge in [0.1, 0.15) is 17.1 Å². The van der Waals surface area contributed by atoms with Crippen LogP contribution in [-0.2, 0) is 4.74 Å². The number of nitrogens with zero attached hydrogens (tertiary/aromatic N) is 2. The molecule has 0 unspecified atom stereocenters. The molecule has 3 rings (SSSR count). The standard InChI is InChI=1S/C24H28N4O4/c1-15(2)20(14-29)27-24-26-19(16-8-6-5-7-9-16)13-22(28-24)25-17-10-11-18(23(30)32-4)21(12-17)31-3/h5-13,15,20,29H,14H2,1-4H3,(H2,25,26,27,28)/t20-/m1/s1. The minimum absolute atomic E-state index is 0.0362. The number of esters is 1. The number of methoxy groups -OCH3 is 2. The Morgan fingerprint density at radius 3 is 2.44 bits per heavy atom. The highest BCUT2D eigenvalue weighted by atomic mass is 16.5. The maximum Gasteiger partial charge on any atom is 0.341 e. The number of anilines is 3. The SMILES string of the molecule is COC(=O)c1ccc(Nc2cc(-c3ccccc3)nc(N[C@H](CO)C(C)C)n2)cc1OC. The zero-order valence-corrected chi connectivity index (χ0v) is 18.6. The van der Waals surface area contributed by atoms with Gasteiger partial charge in [-0.3, -0.25) is 0 Å². The molecule has 0 saturated carbocycles. The molecule has 0 saturated heterocycles. The van der Waals surface area contributed by atoms with E-state index in [1.54, 1.807) is 18.2 Å². The maximum atomic E-state index is 11.9. The van der Waals surface area contributed by atoms with Gasteiger partial charge < -0.3 is 25.2 Å². The van der Waals surface area contributed by atoms with Crippen LogP contribution < -0.4 is 15.4 Å². The van der Waals surface area contributed by atoms with Crippen LogP contribution in [0, 0.1) is 5.92 Å². The number of aromatic nitrogens is 2. The predicted octanol–water partition coefficient (Wildman–Crippen LogP) is 4.11. The summed E-state index contributed by atoms with van der Waals surface area (Å²) in [5.74, 6) is 1.06. The first kappa shape index (κ1) is 23.0. The van der Waals surface area contributed by atoms with Gasteiger partial charge in [0, 0.05) is 23.4 Å². The monoisotopic (exact) mass is 436 g/mol. The molecule has 0 aliphatic rings. The third kappa shape index (κ3) is 5.53. The predicted molar refractivity (Wildman–Crippen MR) is 124 cm³/mol. The summed E-state index contributed by atoms with van der Waals surface area (Å²) in [6.07, 6.45) is 0. The van der Waals surface area contributed by atoms with E-state index in [9.17, 15) is 9.90 Å². The molecule has 0 bridgehead atoms. The maximum absolute atomic E-state index is 11.9. The molecule has 3 N–H and O–H groups in total. The third-order valence-corrected chi connectivity index (χ3v) is 4.99. The van der Waals surface area contributed by atoms with Crippen LogP contribution >= 0.6 is 0 Å². The Kier molecular flexibility index (Phi) is 7.62. The molecule has 32 heavy (non-hydrogen) atoms. The first-order valence-corrected chi connectivity index (χ1v) is 10.3. The molecule has 0 aliphatic carbocycles. The van der Waals surface area contributed by atoms with Gasteiger partial charge in [0.15, 0.2) is 0 Å². The lowest BCUT2D eigenvalue weighted by molar-refractivity contribution is 0.0597. The van der Waals surface area contributed by atoms with Crippen molar-refractivity contribution in [1.29, 1.82) is 0 Å². The molecule has 0 fully saturated rings. The molecule has 0 aliphatic heterocycles. The van der Waals surface area contributed by atoms with E-state index >= 15 is 0 Å². The summed E-state index contributed by atoms with van der Waals surface area (Å²) in [4.78, 5) is 21.1. The molecule has 1 heterocycles. The molecule has 0 amide bonds. The van der Waals surface area contributed by atoms with Gasteiger partial charge >= 0.3 is 5.97 Å². The number of ether oxygens (including phenoxy) is 2. The molecule has 1 atom stereocenters. The van der Waals surface area contributed by atoms with Gasteiger partial charge in [0.05, 0.1) is 32.6 Å². The quantitative estimate of drug-likeness (QED) is 0.430. The van der Waals surface area contributed by atoms with Gasteiger partial charge in [-0.25, -0.2) is 9.78 Å². The number of hydrogen-bond acceptors (Lipinski definition) is 8. The van der Waals surface area contributed by atoms with Gasteiger partial charge in [-0.2, -0.15) is 4.98 Å². The van der Waals surface area contributed by atoms with Crippen molar-refractivity contribution in [2.75, 3.05) is 31.5 Å². The van der Waals surface area contributed by atoms with Crippen LogP contribution in [0.3, 0.4) is 0 Å². The second kappa shape index (κ2) is 10.6. The molecule has 0 radical (unpaired) electrons. The number of aliphatic hydroxyl groups is 1. The molecule has 3 aromatic rings. The number of carbonyl (C=O) groups is 1. The summed E-state index contributed by atoms with van der Waals surface area (Å²) in [6.45, 7) is 4.00. The fourth-order valence-corrected chi connectivity index (χ4v) is 3.12.